The van der Waals surface area contributed by atoms with E-state index in [9.17, 15) is 14.0 Å². The van der Waals surface area contributed by atoms with E-state index in [1.165, 1.54) is 6.07 Å². The molecule has 2 N–H and O–H groups in total. The number of benzene rings is 2. The van der Waals surface area contributed by atoms with Gasteiger partial charge in [-0.15, -0.1) is 0 Å². The predicted molar refractivity (Wildman–Crippen MR) is 86.9 cm³/mol. The third-order valence-electron chi connectivity index (χ3n) is 3.77. The second kappa shape index (κ2) is 6.20. The molecular weight excluding hydrogens is 295 g/mol. The lowest BCUT2D eigenvalue weighted by Gasteiger charge is -2.09. The fourth-order valence-electron chi connectivity index (χ4n) is 2.20. The Labute approximate surface area is 133 Å². The molecule has 0 unspecified atom stereocenters. The summed E-state index contributed by atoms with van der Waals surface area (Å²) in [7, 11) is 0. The number of anilines is 2. The van der Waals surface area contributed by atoms with Crippen molar-refractivity contribution in [2.75, 3.05) is 10.6 Å². The van der Waals surface area contributed by atoms with Gasteiger partial charge in [0.15, 0.2) is 0 Å². The van der Waals surface area contributed by atoms with Crippen LogP contribution in [0.15, 0.2) is 42.5 Å². The summed E-state index contributed by atoms with van der Waals surface area (Å²) in [6, 6.07) is 11.2. The Kier molecular flexibility index (Phi) is 4.10. The fraction of sp³-hybridized carbons (Fsp3) is 0.222. The van der Waals surface area contributed by atoms with Crippen molar-refractivity contribution in [1.29, 1.82) is 0 Å². The largest absolute Gasteiger partial charge is 0.326 e. The van der Waals surface area contributed by atoms with E-state index in [1.54, 1.807) is 43.3 Å². The molecule has 0 saturated heterocycles. The van der Waals surface area contributed by atoms with E-state index in [2.05, 4.69) is 10.6 Å². The van der Waals surface area contributed by atoms with Crippen molar-refractivity contribution in [3.05, 3.63) is 59.4 Å². The molecule has 5 heteroatoms. The van der Waals surface area contributed by atoms with Gasteiger partial charge < -0.3 is 10.6 Å². The van der Waals surface area contributed by atoms with Crippen molar-refractivity contribution in [2.24, 2.45) is 5.92 Å². The maximum absolute atomic E-state index is 13.5. The fourth-order valence-corrected chi connectivity index (χ4v) is 2.20. The van der Waals surface area contributed by atoms with Gasteiger partial charge in [0.25, 0.3) is 5.91 Å². The Balaban J connectivity index is 1.71. The van der Waals surface area contributed by atoms with E-state index in [-0.39, 0.29) is 23.5 Å². The van der Waals surface area contributed by atoms with Gasteiger partial charge in [0.2, 0.25) is 5.91 Å². The Bertz CT molecular complexity index is 769. The first-order chi connectivity index (χ1) is 11.0. The van der Waals surface area contributed by atoms with Gasteiger partial charge in [0, 0.05) is 22.9 Å². The van der Waals surface area contributed by atoms with Gasteiger partial charge in [-0.1, -0.05) is 12.1 Å². The molecular formula is C18H17FN2O2. The first-order valence-corrected chi connectivity index (χ1v) is 7.51. The minimum absolute atomic E-state index is 0.0110. The average molecular weight is 312 g/mol. The molecule has 0 spiro atoms. The second-order valence-corrected chi connectivity index (χ2v) is 5.76. The molecule has 0 atom stereocenters. The van der Waals surface area contributed by atoms with E-state index in [4.69, 9.17) is 0 Å². The first kappa shape index (κ1) is 15.2. The number of hydrogen-bond donors (Lipinski definition) is 2. The van der Waals surface area contributed by atoms with Gasteiger partial charge in [-0.05, 0) is 55.7 Å². The van der Waals surface area contributed by atoms with Gasteiger partial charge in [0.1, 0.15) is 5.82 Å². The summed E-state index contributed by atoms with van der Waals surface area (Å²) in [5, 5.41) is 5.45. The molecule has 4 nitrogen and oxygen atoms in total. The number of hydrogen-bond acceptors (Lipinski definition) is 2. The lowest BCUT2D eigenvalue weighted by molar-refractivity contribution is -0.117. The van der Waals surface area contributed by atoms with Gasteiger partial charge >= 0.3 is 0 Å². The van der Waals surface area contributed by atoms with E-state index in [0.717, 1.165) is 12.8 Å². The normalized spacial score (nSPS) is 13.5. The number of carbonyl (C=O) groups excluding carboxylic acids is 2. The highest BCUT2D eigenvalue weighted by atomic mass is 19.1. The molecule has 0 aromatic heterocycles. The highest BCUT2D eigenvalue weighted by molar-refractivity contribution is 6.05. The van der Waals surface area contributed by atoms with Gasteiger partial charge in [-0.3, -0.25) is 9.59 Å². The molecule has 0 heterocycles. The summed E-state index contributed by atoms with van der Waals surface area (Å²) in [5.41, 5.74) is 1.91. The smallest absolute Gasteiger partial charge is 0.255 e. The third-order valence-corrected chi connectivity index (χ3v) is 3.77. The topological polar surface area (TPSA) is 58.2 Å². The first-order valence-electron chi connectivity index (χ1n) is 7.51. The summed E-state index contributed by atoms with van der Waals surface area (Å²) in [6.45, 7) is 1.66. The third kappa shape index (κ3) is 3.74. The van der Waals surface area contributed by atoms with E-state index < -0.39 is 0 Å². The van der Waals surface area contributed by atoms with E-state index in [0.29, 0.717) is 22.5 Å². The zero-order valence-electron chi connectivity index (χ0n) is 12.7. The molecule has 2 aromatic carbocycles. The molecule has 118 valence electrons. The lowest BCUT2D eigenvalue weighted by atomic mass is 10.1. The van der Waals surface area contributed by atoms with Gasteiger partial charge in [0.05, 0.1) is 0 Å². The number of aryl methyl sites for hydroxylation is 1. The number of nitrogens with one attached hydrogen (secondary N) is 2. The minimum atomic E-state index is -0.367. The molecule has 0 radical (unpaired) electrons. The number of rotatable bonds is 4. The summed E-state index contributed by atoms with van der Waals surface area (Å²) in [5.74, 6) is -0.629. The average Bonchev–Trinajstić information content (AvgIpc) is 3.36. The van der Waals surface area contributed by atoms with Crippen LogP contribution < -0.4 is 10.6 Å². The molecule has 1 aliphatic carbocycles. The summed E-state index contributed by atoms with van der Waals surface area (Å²) >= 11 is 0. The molecule has 2 aromatic rings. The van der Waals surface area contributed by atoms with Crippen molar-refractivity contribution < 1.29 is 14.0 Å². The Morgan fingerprint density at radius 3 is 2.48 bits per heavy atom. The maximum Gasteiger partial charge on any atom is 0.255 e. The highest BCUT2D eigenvalue weighted by Gasteiger charge is 2.29. The number of amides is 2. The van der Waals surface area contributed by atoms with Crippen molar-refractivity contribution in [2.45, 2.75) is 19.8 Å². The predicted octanol–water partition coefficient (Wildman–Crippen LogP) is 3.73. The van der Waals surface area contributed by atoms with Gasteiger partial charge in [-0.2, -0.15) is 0 Å². The van der Waals surface area contributed by atoms with Crippen LogP contribution in [0.3, 0.4) is 0 Å². The number of halogens is 1. The van der Waals surface area contributed by atoms with Crippen LogP contribution in [0.1, 0.15) is 28.8 Å². The van der Waals surface area contributed by atoms with Crippen LogP contribution in [0.4, 0.5) is 15.8 Å². The second-order valence-electron chi connectivity index (χ2n) is 5.76. The summed E-state index contributed by atoms with van der Waals surface area (Å²) in [6.07, 6.45) is 1.84. The molecule has 1 saturated carbocycles. The summed E-state index contributed by atoms with van der Waals surface area (Å²) < 4.78 is 13.5. The molecule has 2 amide bonds. The van der Waals surface area contributed by atoms with E-state index in [1.807, 2.05) is 0 Å². The van der Waals surface area contributed by atoms with Crippen LogP contribution >= 0.6 is 0 Å². The highest BCUT2D eigenvalue weighted by Crippen LogP contribution is 2.30. The SMILES string of the molecule is Cc1ccc(NC(=O)c2cccc(NC(=O)C3CC3)c2)cc1F. The molecule has 1 fully saturated rings. The summed E-state index contributed by atoms with van der Waals surface area (Å²) in [4.78, 5) is 24.0. The zero-order valence-corrected chi connectivity index (χ0v) is 12.7. The molecule has 1 aliphatic rings. The van der Waals surface area contributed by atoms with Gasteiger partial charge in [-0.25, -0.2) is 4.39 Å². The van der Waals surface area contributed by atoms with Crippen molar-refractivity contribution >= 4 is 23.2 Å². The lowest BCUT2D eigenvalue weighted by Crippen LogP contribution is -2.15. The van der Waals surface area contributed by atoms with Crippen molar-refractivity contribution in [3.63, 3.8) is 0 Å². The van der Waals surface area contributed by atoms with Crippen LogP contribution in [-0.4, -0.2) is 11.8 Å². The van der Waals surface area contributed by atoms with Crippen LogP contribution in [0.2, 0.25) is 0 Å². The Morgan fingerprint density at radius 2 is 1.78 bits per heavy atom. The molecule has 3 rings (SSSR count). The Hall–Kier alpha value is -2.69. The molecule has 0 bridgehead atoms. The maximum atomic E-state index is 13.5. The van der Waals surface area contributed by atoms with Crippen molar-refractivity contribution in [3.8, 4) is 0 Å². The Morgan fingerprint density at radius 1 is 1.04 bits per heavy atom. The molecule has 23 heavy (non-hydrogen) atoms. The van der Waals surface area contributed by atoms with Crippen LogP contribution in [0, 0.1) is 18.7 Å². The van der Waals surface area contributed by atoms with Crippen LogP contribution in [-0.2, 0) is 4.79 Å². The zero-order chi connectivity index (χ0) is 16.4. The van der Waals surface area contributed by atoms with Crippen molar-refractivity contribution in [1.82, 2.24) is 0 Å². The van der Waals surface area contributed by atoms with Crippen LogP contribution in [0.25, 0.3) is 0 Å². The van der Waals surface area contributed by atoms with Crippen LogP contribution in [0.5, 0.6) is 0 Å². The minimum Gasteiger partial charge on any atom is -0.326 e. The van der Waals surface area contributed by atoms with E-state index >= 15 is 0 Å². The monoisotopic (exact) mass is 312 g/mol. The standard InChI is InChI=1S/C18H17FN2O2/c1-11-5-8-15(10-16(11)19)21-18(23)13-3-2-4-14(9-13)20-17(22)12-6-7-12/h2-5,8-10,12H,6-7H2,1H3,(H,20,22)(H,21,23). The molecule has 0 aliphatic heterocycles. The number of carbonyl (C=O) groups is 2. The quantitative estimate of drug-likeness (QED) is 0.903.